The summed E-state index contributed by atoms with van der Waals surface area (Å²) in [6, 6.07) is 8.69. The smallest absolute Gasteiger partial charge is 0.0924 e. The van der Waals surface area contributed by atoms with Crippen LogP contribution in [0.2, 0.25) is 0 Å². The van der Waals surface area contributed by atoms with Crippen molar-refractivity contribution in [3.05, 3.63) is 34.9 Å². The fourth-order valence-corrected chi connectivity index (χ4v) is 1.72. The van der Waals surface area contributed by atoms with E-state index in [1.54, 1.807) is 0 Å². The molecule has 0 radical (unpaired) electrons. The molecule has 0 saturated carbocycles. The van der Waals surface area contributed by atoms with E-state index in [-0.39, 0.29) is 11.5 Å². The molecular weight excluding hydrogens is 208 g/mol. The number of benzene rings is 1. The summed E-state index contributed by atoms with van der Waals surface area (Å²) in [5.74, 6) is 0. The van der Waals surface area contributed by atoms with Gasteiger partial charge in [-0.3, -0.25) is 0 Å². The quantitative estimate of drug-likeness (QED) is 0.862. The Morgan fingerprint density at radius 3 is 2.47 bits per heavy atom. The maximum atomic E-state index is 8.77. The maximum Gasteiger partial charge on any atom is 0.0924 e. The average molecular weight is 230 g/mol. The molecule has 0 aromatic heterocycles. The number of hydrogen-bond donors (Lipinski definition) is 1. The minimum Gasteiger partial charge on any atom is -0.301 e. The third-order valence-electron chi connectivity index (χ3n) is 3.33. The van der Waals surface area contributed by atoms with Crippen molar-refractivity contribution in [1.82, 2.24) is 5.32 Å². The van der Waals surface area contributed by atoms with E-state index in [4.69, 9.17) is 5.26 Å². The van der Waals surface area contributed by atoms with Crippen molar-refractivity contribution in [3.63, 3.8) is 0 Å². The molecule has 2 heteroatoms. The summed E-state index contributed by atoms with van der Waals surface area (Å²) >= 11 is 0. The molecule has 0 aliphatic carbocycles. The summed E-state index contributed by atoms with van der Waals surface area (Å²) < 4.78 is 0. The average Bonchev–Trinajstić information content (AvgIpc) is 2.29. The minimum atomic E-state index is -0.0965. The Kier molecular flexibility index (Phi) is 4.31. The highest BCUT2D eigenvalue weighted by atomic mass is 14.9. The molecule has 1 aromatic rings. The van der Waals surface area contributed by atoms with E-state index < -0.39 is 0 Å². The van der Waals surface area contributed by atoms with Gasteiger partial charge in [0.2, 0.25) is 0 Å². The second kappa shape index (κ2) is 5.33. The normalized spacial score (nSPS) is 13.2. The van der Waals surface area contributed by atoms with Crippen molar-refractivity contribution in [3.8, 4) is 6.07 Å². The Hall–Kier alpha value is -1.33. The molecule has 2 nitrogen and oxygen atoms in total. The molecule has 0 spiro atoms. The highest BCUT2D eigenvalue weighted by Crippen LogP contribution is 2.24. The van der Waals surface area contributed by atoms with E-state index in [1.165, 1.54) is 16.7 Å². The van der Waals surface area contributed by atoms with Gasteiger partial charge in [0.25, 0.3) is 0 Å². The minimum absolute atomic E-state index is 0.0452. The van der Waals surface area contributed by atoms with Crippen LogP contribution in [0.25, 0.3) is 0 Å². The number of rotatable bonds is 4. The van der Waals surface area contributed by atoms with Crippen molar-refractivity contribution in [1.29, 1.82) is 5.26 Å². The van der Waals surface area contributed by atoms with Crippen LogP contribution in [0.3, 0.4) is 0 Å². The van der Waals surface area contributed by atoms with Crippen molar-refractivity contribution in [2.45, 2.75) is 46.1 Å². The van der Waals surface area contributed by atoms with E-state index in [2.05, 4.69) is 57.3 Å². The van der Waals surface area contributed by atoms with Gasteiger partial charge < -0.3 is 5.32 Å². The van der Waals surface area contributed by atoms with E-state index in [9.17, 15) is 0 Å². The molecule has 0 bridgehead atoms. The lowest BCUT2D eigenvalue weighted by Crippen LogP contribution is -2.37. The Bertz CT molecular complexity index is 427. The Labute approximate surface area is 105 Å². The number of nitriles is 1. The molecular formula is C15H22N2. The second-order valence-electron chi connectivity index (χ2n) is 5.41. The molecule has 0 amide bonds. The van der Waals surface area contributed by atoms with Crippen molar-refractivity contribution in [2.75, 3.05) is 6.54 Å². The Morgan fingerprint density at radius 2 is 1.94 bits per heavy atom. The van der Waals surface area contributed by atoms with Crippen molar-refractivity contribution < 1.29 is 0 Å². The van der Waals surface area contributed by atoms with Gasteiger partial charge in [-0.15, -0.1) is 0 Å². The van der Waals surface area contributed by atoms with Crippen LogP contribution in [-0.2, 0) is 5.41 Å². The highest BCUT2D eigenvalue weighted by molar-refractivity contribution is 5.34. The predicted molar refractivity (Wildman–Crippen MR) is 72.0 cm³/mol. The first-order valence-corrected chi connectivity index (χ1v) is 6.07. The van der Waals surface area contributed by atoms with E-state index in [0.29, 0.717) is 0 Å². The summed E-state index contributed by atoms with van der Waals surface area (Å²) in [6.45, 7) is 11.4. The number of hydrogen-bond acceptors (Lipinski definition) is 2. The SMILES string of the molecule is Cc1ccc(C(C)(C)CNC(C)C#N)cc1C. The zero-order chi connectivity index (χ0) is 13.1. The van der Waals surface area contributed by atoms with Gasteiger partial charge in [-0.2, -0.15) is 5.26 Å². The van der Waals surface area contributed by atoms with Crippen LogP contribution in [-0.4, -0.2) is 12.6 Å². The second-order valence-corrected chi connectivity index (χ2v) is 5.41. The van der Waals surface area contributed by atoms with Crippen LogP contribution in [0.15, 0.2) is 18.2 Å². The van der Waals surface area contributed by atoms with Gasteiger partial charge in [0.05, 0.1) is 12.1 Å². The molecule has 0 heterocycles. The fraction of sp³-hybridized carbons (Fsp3) is 0.533. The van der Waals surface area contributed by atoms with Crippen molar-refractivity contribution in [2.24, 2.45) is 0 Å². The molecule has 92 valence electrons. The van der Waals surface area contributed by atoms with Crippen molar-refractivity contribution >= 4 is 0 Å². The third-order valence-corrected chi connectivity index (χ3v) is 3.33. The predicted octanol–water partition coefficient (Wildman–Crippen LogP) is 3.08. The Morgan fingerprint density at radius 1 is 1.29 bits per heavy atom. The molecule has 0 aliphatic rings. The lowest BCUT2D eigenvalue weighted by molar-refractivity contribution is 0.457. The molecule has 1 N–H and O–H groups in total. The first kappa shape index (κ1) is 13.7. The molecule has 1 aromatic carbocycles. The van der Waals surface area contributed by atoms with Gasteiger partial charge in [-0.05, 0) is 37.5 Å². The van der Waals surface area contributed by atoms with Crippen LogP contribution in [0.1, 0.15) is 37.5 Å². The van der Waals surface area contributed by atoms with E-state index in [1.807, 2.05) is 6.92 Å². The first-order valence-electron chi connectivity index (χ1n) is 6.07. The summed E-state index contributed by atoms with van der Waals surface area (Å²) in [5, 5.41) is 12.0. The molecule has 1 atom stereocenters. The lowest BCUT2D eigenvalue weighted by Gasteiger charge is -2.27. The topological polar surface area (TPSA) is 35.8 Å². The summed E-state index contributed by atoms with van der Waals surface area (Å²) in [4.78, 5) is 0. The molecule has 1 unspecified atom stereocenters. The monoisotopic (exact) mass is 230 g/mol. The largest absolute Gasteiger partial charge is 0.301 e. The van der Waals surface area contributed by atoms with Gasteiger partial charge in [-0.1, -0.05) is 32.0 Å². The zero-order valence-corrected chi connectivity index (χ0v) is 11.5. The van der Waals surface area contributed by atoms with Gasteiger partial charge in [0.15, 0.2) is 0 Å². The van der Waals surface area contributed by atoms with E-state index >= 15 is 0 Å². The highest BCUT2D eigenvalue weighted by Gasteiger charge is 2.21. The van der Waals surface area contributed by atoms with Gasteiger partial charge >= 0.3 is 0 Å². The van der Waals surface area contributed by atoms with Gasteiger partial charge in [-0.25, -0.2) is 0 Å². The molecule has 0 aliphatic heterocycles. The van der Waals surface area contributed by atoms with Gasteiger partial charge in [0, 0.05) is 12.0 Å². The lowest BCUT2D eigenvalue weighted by atomic mass is 9.83. The van der Waals surface area contributed by atoms with Crippen LogP contribution in [0.5, 0.6) is 0 Å². The molecule has 0 saturated heterocycles. The zero-order valence-electron chi connectivity index (χ0n) is 11.5. The standard InChI is InChI=1S/C15H22N2/c1-11-6-7-14(8-12(11)2)15(4,5)10-17-13(3)9-16/h6-8,13,17H,10H2,1-5H3. The first-order chi connectivity index (χ1) is 7.86. The maximum absolute atomic E-state index is 8.77. The molecule has 1 rings (SSSR count). The number of nitrogens with one attached hydrogen (secondary N) is 1. The van der Waals surface area contributed by atoms with Gasteiger partial charge in [0.1, 0.15) is 0 Å². The fourth-order valence-electron chi connectivity index (χ4n) is 1.72. The third kappa shape index (κ3) is 3.57. The van der Waals surface area contributed by atoms with E-state index in [0.717, 1.165) is 6.54 Å². The number of nitrogens with zero attached hydrogens (tertiary/aromatic N) is 1. The van der Waals surface area contributed by atoms with Crippen LogP contribution >= 0.6 is 0 Å². The summed E-state index contributed by atoms with van der Waals surface area (Å²) in [6.07, 6.45) is 0. The molecule has 17 heavy (non-hydrogen) atoms. The molecule has 0 fully saturated rings. The Balaban J connectivity index is 2.82. The van der Waals surface area contributed by atoms with Crippen LogP contribution in [0.4, 0.5) is 0 Å². The van der Waals surface area contributed by atoms with Crippen LogP contribution < -0.4 is 5.32 Å². The summed E-state index contributed by atoms with van der Waals surface area (Å²) in [7, 11) is 0. The summed E-state index contributed by atoms with van der Waals surface area (Å²) in [5.41, 5.74) is 4.01. The number of aryl methyl sites for hydroxylation is 2. The van der Waals surface area contributed by atoms with Crippen LogP contribution in [0, 0.1) is 25.2 Å².